The van der Waals surface area contributed by atoms with E-state index in [4.69, 9.17) is 16.6 Å². The normalized spacial score (nSPS) is 13.9. The second kappa shape index (κ2) is 16.2. The van der Waals surface area contributed by atoms with E-state index < -0.39 is 72.6 Å². The lowest BCUT2D eigenvalue weighted by Crippen LogP contribution is -2.58. The molecule has 0 spiro atoms. The summed E-state index contributed by atoms with van der Waals surface area (Å²) in [6.07, 6.45) is 0.603. The molecular weight excluding hydrogens is 506 g/mol. The van der Waals surface area contributed by atoms with Crippen molar-refractivity contribution in [3.63, 3.8) is 0 Å². The summed E-state index contributed by atoms with van der Waals surface area (Å²) in [4.78, 5) is 72.5. The molecule has 1 aromatic rings. The SMILES string of the molecule is CSCCC(N)C(=O)NC(CCC(=O)O)C(=O)NC(CC(N)=O)C(=O)NC(Cc1ccccc1)C(=O)O. The number of hydrogen-bond donors (Lipinski definition) is 7. The molecule has 0 saturated carbocycles. The van der Waals surface area contributed by atoms with Crippen LogP contribution in [0, 0.1) is 0 Å². The zero-order valence-corrected chi connectivity index (χ0v) is 21.2. The maximum atomic E-state index is 12.9. The van der Waals surface area contributed by atoms with Crippen LogP contribution >= 0.6 is 11.8 Å². The highest BCUT2D eigenvalue weighted by molar-refractivity contribution is 7.98. The molecule has 204 valence electrons. The first-order chi connectivity index (χ1) is 17.4. The lowest BCUT2D eigenvalue weighted by Gasteiger charge is -2.24. The minimum Gasteiger partial charge on any atom is -0.481 e. The number of nitrogens with two attached hydrogens (primary N) is 2. The first-order valence-corrected chi connectivity index (χ1v) is 12.8. The van der Waals surface area contributed by atoms with Crippen LogP contribution < -0.4 is 27.4 Å². The first kappa shape index (κ1) is 31.4. The predicted molar refractivity (Wildman–Crippen MR) is 135 cm³/mol. The topological polar surface area (TPSA) is 231 Å². The summed E-state index contributed by atoms with van der Waals surface area (Å²) in [7, 11) is 0. The van der Waals surface area contributed by atoms with Crippen LogP contribution in [0.1, 0.15) is 31.2 Å². The average molecular weight is 540 g/mol. The Balaban J connectivity index is 3.01. The molecule has 0 bridgehead atoms. The Labute approximate surface area is 218 Å². The zero-order chi connectivity index (χ0) is 28.0. The van der Waals surface area contributed by atoms with Gasteiger partial charge in [0.2, 0.25) is 23.6 Å². The molecule has 0 aromatic heterocycles. The lowest BCUT2D eigenvalue weighted by atomic mass is 10.0. The van der Waals surface area contributed by atoms with Crippen LogP contribution in [-0.4, -0.2) is 82.0 Å². The number of nitrogens with one attached hydrogen (secondary N) is 3. The van der Waals surface area contributed by atoms with E-state index in [0.717, 1.165) is 0 Å². The monoisotopic (exact) mass is 539 g/mol. The Morgan fingerprint density at radius 3 is 1.97 bits per heavy atom. The molecule has 14 heteroatoms. The van der Waals surface area contributed by atoms with Gasteiger partial charge in [0, 0.05) is 12.8 Å². The fraction of sp³-hybridized carbons (Fsp3) is 0.478. The van der Waals surface area contributed by atoms with Crippen molar-refractivity contribution in [1.82, 2.24) is 16.0 Å². The minimum absolute atomic E-state index is 0.0651. The van der Waals surface area contributed by atoms with Crippen molar-refractivity contribution < 1.29 is 39.0 Å². The fourth-order valence-corrected chi connectivity index (χ4v) is 3.69. The smallest absolute Gasteiger partial charge is 0.326 e. The van der Waals surface area contributed by atoms with Crippen LogP contribution in [0.15, 0.2) is 30.3 Å². The van der Waals surface area contributed by atoms with Crippen LogP contribution in [0.3, 0.4) is 0 Å². The minimum atomic E-state index is -1.57. The summed E-state index contributed by atoms with van der Waals surface area (Å²) in [5, 5.41) is 25.5. The molecule has 13 nitrogen and oxygen atoms in total. The van der Waals surface area contributed by atoms with Crippen LogP contribution in [0.2, 0.25) is 0 Å². The van der Waals surface area contributed by atoms with Gasteiger partial charge >= 0.3 is 11.9 Å². The molecule has 0 aliphatic rings. The summed E-state index contributed by atoms with van der Waals surface area (Å²) < 4.78 is 0. The molecule has 0 aliphatic carbocycles. The van der Waals surface area contributed by atoms with E-state index in [-0.39, 0.29) is 12.8 Å². The molecule has 0 heterocycles. The average Bonchev–Trinajstić information content (AvgIpc) is 2.83. The quantitative estimate of drug-likeness (QED) is 0.122. The van der Waals surface area contributed by atoms with Gasteiger partial charge in [-0.25, -0.2) is 4.79 Å². The molecule has 0 saturated heterocycles. The summed E-state index contributed by atoms with van der Waals surface area (Å²) in [5.41, 5.74) is 11.7. The number of carboxylic acid groups (broad SMARTS) is 2. The standard InChI is InChI=1S/C23H33N5O8S/c1-37-10-9-14(24)20(32)26-15(7-8-19(30)31)21(33)27-16(12-18(25)29)22(34)28-17(23(35)36)11-13-5-3-2-4-6-13/h2-6,14-17H,7-12,24H2,1H3,(H2,25,29)(H,26,32)(H,27,33)(H,28,34)(H,30,31)(H,35,36). The largest absolute Gasteiger partial charge is 0.481 e. The second-order valence-corrected chi connectivity index (χ2v) is 9.19. The van der Waals surface area contributed by atoms with E-state index in [2.05, 4.69) is 16.0 Å². The molecule has 4 unspecified atom stereocenters. The van der Waals surface area contributed by atoms with E-state index in [1.54, 1.807) is 30.3 Å². The summed E-state index contributed by atoms with van der Waals surface area (Å²) >= 11 is 1.46. The number of primary amides is 1. The second-order valence-electron chi connectivity index (χ2n) is 8.20. The Kier molecular flexibility index (Phi) is 13.7. The highest BCUT2D eigenvalue weighted by atomic mass is 32.2. The number of carbonyl (C=O) groups is 6. The van der Waals surface area contributed by atoms with Gasteiger partial charge < -0.3 is 37.6 Å². The van der Waals surface area contributed by atoms with Crippen molar-refractivity contribution in [3.8, 4) is 0 Å². The number of hydrogen-bond acceptors (Lipinski definition) is 8. The molecule has 4 atom stereocenters. The molecule has 0 aliphatic heterocycles. The Morgan fingerprint density at radius 2 is 1.43 bits per heavy atom. The summed E-state index contributed by atoms with van der Waals surface area (Å²) in [6, 6.07) is 3.20. The molecule has 9 N–H and O–H groups in total. The third-order valence-electron chi connectivity index (χ3n) is 5.19. The number of benzene rings is 1. The Morgan fingerprint density at radius 1 is 0.865 bits per heavy atom. The van der Waals surface area contributed by atoms with Crippen molar-refractivity contribution in [1.29, 1.82) is 0 Å². The number of thioether (sulfide) groups is 1. The lowest BCUT2D eigenvalue weighted by molar-refractivity contribution is -0.142. The Bertz CT molecular complexity index is 962. The zero-order valence-electron chi connectivity index (χ0n) is 20.3. The van der Waals surface area contributed by atoms with E-state index in [9.17, 15) is 33.9 Å². The van der Waals surface area contributed by atoms with E-state index in [0.29, 0.717) is 17.7 Å². The molecule has 0 fully saturated rings. The number of carbonyl (C=O) groups excluding carboxylic acids is 4. The molecule has 4 amide bonds. The molecule has 37 heavy (non-hydrogen) atoms. The maximum Gasteiger partial charge on any atom is 0.326 e. The highest BCUT2D eigenvalue weighted by Gasteiger charge is 2.31. The predicted octanol–water partition coefficient (Wildman–Crippen LogP) is -1.41. The van der Waals surface area contributed by atoms with Crippen LogP contribution in [0.4, 0.5) is 0 Å². The van der Waals surface area contributed by atoms with Gasteiger partial charge in [-0.3, -0.25) is 24.0 Å². The number of aliphatic carboxylic acids is 2. The van der Waals surface area contributed by atoms with Gasteiger partial charge in [-0.15, -0.1) is 0 Å². The van der Waals surface area contributed by atoms with Gasteiger partial charge in [-0.1, -0.05) is 30.3 Å². The van der Waals surface area contributed by atoms with Gasteiger partial charge in [0.05, 0.1) is 12.5 Å². The van der Waals surface area contributed by atoms with Crippen LogP contribution in [0.25, 0.3) is 0 Å². The van der Waals surface area contributed by atoms with Crippen molar-refractivity contribution in [2.45, 2.75) is 56.3 Å². The van der Waals surface area contributed by atoms with Crippen LogP contribution in [-0.2, 0) is 35.2 Å². The molecule has 0 radical (unpaired) electrons. The van der Waals surface area contributed by atoms with Crippen molar-refractivity contribution in [3.05, 3.63) is 35.9 Å². The first-order valence-electron chi connectivity index (χ1n) is 11.4. The van der Waals surface area contributed by atoms with Crippen molar-refractivity contribution in [2.75, 3.05) is 12.0 Å². The van der Waals surface area contributed by atoms with Crippen molar-refractivity contribution in [2.24, 2.45) is 11.5 Å². The molecular formula is C23H33N5O8S. The maximum absolute atomic E-state index is 12.9. The number of carboxylic acids is 2. The fourth-order valence-electron chi connectivity index (χ4n) is 3.20. The van der Waals surface area contributed by atoms with Crippen molar-refractivity contribution >= 4 is 47.3 Å². The van der Waals surface area contributed by atoms with E-state index in [1.807, 2.05) is 6.26 Å². The van der Waals surface area contributed by atoms with E-state index in [1.165, 1.54) is 11.8 Å². The summed E-state index contributed by atoms with van der Waals surface area (Å²) in [5.74, 6) is -5.58. The van der Waals surface area contributed by atoms with Gasteiger partial charge in [-0.05, 0) is 30.4 Å². The Hall–Kier alpha value is -3.65. The molecule has 1 rings (SSSR count). The van der Waals surface area contributed by atoms with Gasteiger partial charge in [0.1, 0.15) is 18.1 Å². The highest BCUT2D eigenvalue weighted by Crippen LogP contribution is 2.06. The van der Waals surface area contributed by atoms with Crippen LogP contribution in [0.5, 0.6) is 0 Å². The van der Waals surface area contributed by atoms with Gasteiger partial charge in [-0.2, -0.15) is 11.8 Å². The summed E-state index contributed by atoms with van der Waals surface area (Å²) in [6.45, 7) is 0. The third kappa shape index (κ3) is 12.2. The van der Waals surface area contributed by atoms with E-state index >= 15 is 0 Å². The molecule has 1 aromatic carbocycles. The van der Waals surface area contributed by atoms with Gasteiger partial charge in [0.25, 0.3) is 0 Å². The third-order valence-corrected chi connectivity index (χ3v) is 5.83. The number of amides is 4. The number of rotatable bonds is 17. The van der Waals surface area contributed by atoms with Gasteiger partial charge in [0.15, 0.2) is 0 Å².